The van der Waals surface area contributed by atoms with Gasteiger partial charge in [-0.05, 0) is 73.9 Å². The lowest BCUT2D eigenvalue weighted by molar-refractivity contribution is 0.390. The zero-order chi connectivity index (χ0) is 28.4. The lowest BCUT2D eigenvalue weighted by Gasteiger charge is -2.25. The van der Waals surface area contributed by atoms with Crippen molar-refractivity contribution in [2.24, 2.45) is 9.98 Å². The van der Waals surface area contributed by atoms with Gasteiger partial charge in [0, 0.05) is 23.6 Å². The van der Waals surface area contributed by atoms with Gasteiger partial charge in [0.25, 0.3) is 0 Å². The molecule has 1 fully saturated rings. The van der Waals surface area contributed by atoms with Crippen molar-refractivity contribution in [1.29, 1.82) is 0 Å². The van der Waals surface area contributed by atoms with Crippen molar-refractivity contribution in [3.8, 4) is 11.5 Å². The number of aliphatic imine (C=N–C) groups is 2. The van der Waals surface area contributed by atoms with Gasteiger partial charge in [-0.25, -0.2) is 0 Å². The summed E-state index contributed by atoms with van der Waals surface area (Å²) in [6.07, 6.45) is 25.6. The summed E-state index contributed by atoms with van der Waals surface area (Å²) in [5.74, 6) is 0.579. The first-order valence-electron chi connectivity index (χ1n) is 16.3. The molecule has 0 bridgehead atoms. The summed E-state index contributed by atoms with van der Waals surface area (Å²) in [6.45, 7) is 4.50. The Morgan fingerprint density at radius 2 is 1.00 bits per heavy atom. The minimum Gasteiger partial charge on any atom is -0.507 e. The van der Waals surface area contributed by atoms with E-state index in [1.165, 1.54) is 88.2 Å². The smallest absolute Gasteiger partial charge is 0.124 e. The summed E-state index contributed by atoms with van der Waals surface area (Å²) < 4.78 is 0. The molecule has 0 radical (unpaired) electrons. The van der Waals surface area contributed by atoms with Gasteiger partial charge in [-0.15, -0.1) is 0 Å². The third-order valence-corrected chi connectivity index (χ3v) is 8.33. The third-order valence-electron chi connectivity index (χ3n) is 8.33. The lowest BCUT2D eigenvalue weighted by Crippen LogP contribution is -2.27. The molecule has 1 saturated carbocycles. The Hall–Kier alpha value is -2.62. The molecule has 0 amide bonds. The van der Waals surface area contributed by atoms with Crippen molar-refractivity contribution in [1.82, 2.24) is 0 Å². The van der Waals surface area contributed by atoms with Crippen molar-refractivity contribution < 1.29 is 10.2 Å². The molecule has 0 aliphatic heterocycles. The monoisotopic (exact) mass is 546 g/mol. The fourth-order valence-corrected chi connectivity index (χ4v) is 5.74. The second kappa shape index (κ2) is 18.7. The maximum absolute atomic E-state index is 10.5. The van der Waals surface area contributed by atoms with Crippen molar-refractivity contribution in [2.75, 3.05) is 0 Å². The molecular weight excluding hydrogens is 492 g/mol. The third kappa shape index (κ3) is 11.5. The Morgan fingerprint density at radius 1 is 0.600 bits per heavy atom. The largest absolute Gasteiger partial charge is 0.507 e. The highest BCUT2D eigenvalue weighted by atomic mass is 16.3. The number of benzene rings is 2. The van der Waals surface area contributed by atoms with Gasteiger partial charge in [-0.1, -0.05) is 103 Å². The predicted octanol–water partition coefficient (Wildman–Crippen LogP) is 9.75. The lowest BCUT2D eigenvalue weighted by atomic mass is 9.91. The van der Waals surface area contributed by atoms with Crippen LogP contribution in [-0.4, -0.2) is 34.7 Å². The van der Waals surface area contributed by atoms with E-state index in [2.05, 4.69) is 26.0 Å². The molecule has 220 valence electrons. The van der Waals surface area contributed by atoms with E-state index in [0.29, 0.717) is 5.75 Å². The van der Waals surface area contributed by atoms with Crippen LogP contribution in [0.15, 0.2) is 46.4 Å². The van der Waals surface area contributed by atoms with Crippen molar-refractivity contribution >= 4 is 12.4 Å². The molecule has 0 spiro atoms. The fourth-order valence-electron chi connectivity index (χ4n) is 5.74. The summed E-state index contributed by atoms with van der Waals surface area (Å²) >= 11 is 0. The molecule has 0 unspecified atom stereocenters. The zero-order valence-corrected chi connectivity index (χ0v) is 25.3. The highest BCUT2D eigenvalue weighted by Gasteiger charge is 2.23. The molecule has 1 aliphatic carbocycles. The van der Waals surface area contributed by atoms with Crippen LogP contribution in [-0.2, 0) is 12.8 Å². The van der Waals surface area contributed by atoms with Crippen LogP contribution in [0, 0.1) is 0 Å². The van der Waals surface area contributed by atoms with Crippen LogP contribution in [0.25, 0.3) is 0 Å². The molecule has 4 nitrogen and oxygen atoms in total. The first-order chi connectivity index (χ1) is 19.6. The van der Waals surface area contributed by atoms with Gasteiger partial charge in [0.2, 0.25) is 0 Å². The van der Waals surface area contributed by atoms with E-state index >= 15 is 0 Å². The van der Waals surface area contributed by atoms with Crippen LogP contribution in [0.4, 0.5) is 0 Å². The number of phenols is 2. The molecule has 2 N–H and O–H groups in total. The quantitative estimate of drug-likeness (QED) is 0.144. The molecule has 2 aromatic rings. The Kier molecular flexibility index (Phi) is 14.9. The van der Waals surface area contributed by atoms with E-state index in [-0.39, 0.29) is 17.8 Å². The molecule has 4 heteroatoms. The summed E-state index contributed by atoms with van der Waals surface area (Å²) in [5.41, 5.74) is 4.13. The van der Waals surface area contributed by atoms with Crippen LogP contribution in [0.5, 0.6) is 11.5 Å². The van der Waals surface area contributed by atoms with E-state index in [1.54, 1.807) is 6.07 Å². The van der Waals surface area contributed by atoms with Crippen molar-refractivity contribution in [3.05, 3.63) is 58.7 Å². The van der Waals surface area contributed by atoms with Gasteiger partial charge in [0.1, 0.15) is 11.5 Å². The average molecular weight is 547 g/mol. The zero-order valence-electron chi connectivity index (χ0n) is 25.3. The fraction of sp³-hybridized carbons (Fsp3) is 0.611. The molecule has 0 aromatic heterocycles. The van der Waals surface area contributed by atoms with Crippen LogP contribution in [0.3, 0.4) is 0 Å². The number of phenolic OH excluding ortho intramolecular Hbond substituents is 2. The second-order valence-corrected chi connectivity index (χ2v) is 11.8. The number of aromatic hydroxyl groups is 2. The first kappa shape index (κ1) is 31.9. The number of hydrogen-bond acceptors (Lipinski definition) is 4. The molecule has 40 heavy (non-hydrogen) atoms. The molecule has 3 rings (SSSR count). The molecule has 2 aromatic carbocycles. The van der Waals surface area contributed by atoms with Gasteiger partial charge in [0.15, 0.2) is 0 Å². The van der Waals surface area contributed by atoms with E-state index in [0.717, 1.165) is 49.7 Å². The molecule has 2 atom stereocenters. The van der Waals surface area contributed by atoms with Crippen LogP contribution >= 0.6 is 0 Å². The Morgan fingerprint density at radius 3 is 1.45 bits per heavy atom. The van der Waals surface area contributed by atoms with E-state index in [9.17, 15) is 10.2 Å². The van der Waals surface area contributed by atoms with Crippen LogP contribution in [0.1, 0.15) is 139 Å². The summed E-state index contributed by atoms with van der Waals surface area (Å²) in [5, 5.41) is 20.9. The highest BCUT2D eigenvalue weighted by molar-refractivity contribution is 5.84. The van der Waals surface area contributed by atoms with Gasteiger partial charge >= 0.3 is 0 Å². The van der Waals surface area contributed by atoms with Crippen molar-refractivity contribution in [3.63, 3.8) is 0 Å². The first-order valence-corrected chi connectivity index (χ1v) is 16.3. The second-order valence-electron chi connectivity index (χ2n) is 11.8. The van der Waals surface area contributed by atoms with Gasteiger partial charge < -0.3 is 10.2 Å². The molecule has 1 aliphatic rings. The molecule has 0 saturated heterocycles. The summed E-state index contributed by atoms with van der Waals surface area (Å²) in [6, 6.07) is 12.1. The maximum atomic E-state index is 10.5. The van der Waals surface area contributed by atoms with E-state index in [1.807, 2.05) is 30.6 Å². The predicted molar refractivity (Wildman–Crippen MR) is 172 cm³/mol. The SMILES string of the molecule is CCCCCCCCCCc1ccc(O)c(C=N[C@@H]2CCCC[C@@H]2N=Cc2cc(CCCCCC)ccc2O)c1. The highest BCUT2D eigenvalue weighted by Crippen LogP contribution is 2.26. The number of aryl methyl sites for hydroxylation is 2. The Bertz CT molecular complexity index is 1050. The standard InChI is InChI=1S/C36H54N2O2/c1-3-5-7-9-10-11-12-14-18-30-22-24-36(40)32(26-30)28-38-34-20-16-15-19-33(34)37-27-31-25-29(21-23-35(31)39)17-13-8-6-4-2/h21-28,33-34,39-40H,3-20H2,1-2H3/t33-,34+/m0/s1. The van der Waals surface area contributed by atoms with Crippen LogP contribution < -0.4 is 0 Å². The minimum absolute atomic E-state index is 0.0973. The number of unbranched alkanes of at least 4 members (excludes halogenated alkanes) is 10. The number of nitrogens with zero attached hydrogens (tertiary/aromatic N) is 2. The van der Waals surface area contributed by atoms with Gasteiger partial charge in [-0.2, -0.15) is 0 Å². The minimum atomic E-state index is 0.0973. The van der Waals surface area contributed by atoms with Crippen LogP contribution in [0.2, 0.25) is 0 Å². The number of rotatable bonds is 18. The van der Waals surface area contributed by atoms with E-state index in [4.69, 9.17) is 9.98 Å². The topological polar surface area (TPSA) is 65.2 Å². The van der Waals surface area contributed by atoms with E-state index < -0.39 is 0 Å². The van der Waals surface area contributed by atoms with Gasteiger partial charge in [0.05, 0.1) is 12.1 Å². The molecule has 0 heterocycles. The number of hydrogen-bond donors (Lipinski definition) is 2. The van der Waals surface area contributed by atoms with Gasteiger partial charge in [-0.3, -0.25) is 9.98 Å². The maximum Gasteiger partial charge on any atom is 0.124 e. The Balaban J connectivity index is 1.56. The summed E-state index contributed by atoms with van der Waals surface area (Å²) in [7, 11) is 0. The normalized spacial score (nSPS) is 17.8. The Labute approximate surface area is 244 Å². The summed E-state index contributed by atoms with van der Waals surface area (Å²) in [4.78, 5) is 9.85. The van der Waals surface area contributed by atoms with Crippen molar-refractivity contribution in [2.45, 2.75) is 142 Å². The molecular formula is C36H54N2O2. The average Bonchev–Trinajstić information content (AvgIpc) is 2.97.